The Morgan fingerprint density at radius 3 is 2.59 bits per heavy atom. The molecule has 1 spiro atoms. The van der Waals surface area contributed by atoms with Gasteiger partial charge in [0, 0.05) is 25.2 Å². The Balaban J connectivity index is 1.25. The first-order valence-electron chi connectivity index (χ1n) is 11.6. The van der Waals surface area contributed by atoms with Crippen LogP contribution >= 0.6 is 0 Å². The molecule has 0 saturated carbocycles. The van der Waals surface area contributed by atoms with Gasteiger partial charge in [-0.3, -0.25) is 9.55 Å². The number of benzene rings is 1. The van der Waals surface area contributed by atoms with E-state index in [1.54, 1.807) is 0 Å². The summed E-state index contributed by atoms with van der Waals surface area (Å²) >= 11 is 0. The van der Waals surface area contributed by atoms with Crippen LogP contribution in [0.4, 0.5) is 36.6 Å². The molecule has 2 atom stereocenters. The van der Waals surface area contributed by atoms with Gasteiger partial charge in [-0.25, -0.2) is 9.18 Å². The molecular weight excluding hydrogens is 541 g/mol. The molecule has 2 bridgehead atoms. The number of alkyl halides is 6. The lowest BCUT2D eigenvalue weighted by Gasteiger charge is -2.33. The second kappa shape index (κ2) is 8.56. The summed E-state index contributed by atoms with van der Waals surface area (Å²) in [7, 11) is 0. The minimum atomic E-state index is -4.91. The van der Waals surface area contributed by atoms with E-state index in [0.717, 1.165) is 29.0 Å². The van der Waals surface area contributed by atoms with Crippen molar-refractivity contribution in [2.75, 3.05) is 18.1 Å². The number of fused-ring (bicyclic) bond motifs is 3. The van der Waals surface area contributed by atoms with Crippen LogP contribution in [0.5, 0.6) is 17.4 Å². The van der Waals surface area contributed by atoms with Crippen LogP contribution in [0.3, 0.4) is 0 Å². The van der Waals surface area contributed by atoms with E-state index >= 15 is 0 Å². The number of rotatable bonds is 5. The molecule has 2 fully saturated rings. The van der Waals surface area contributed by atoms with Crippen molar-refractivity contribution in [1.82, 2.24) is 14.5 Å². The zero-order valence-corrected chi connectivity index (χ0v) is 19.6. The summed E-state index contributed by atoms with van der Waals surface area (Å²) in [5.41, 5.74) is -4.03. The van der Waals surface area contributed by atoms with Gasteiger partial charge in [0.15, 0.2) is 17.1 Å². The number of nitrogens with zero attached hydrogens (tertiary/aromatic N) is 4. The second-order valence-electron chi connectivity index (χ2n) is 9.48. The molecule has 6 rings (SSSR count). The van der Waals surface area contributed by atoms with Gasteiger partial charge in [-0.1, -0.05) is 6.07 Å². The largest absolute Gasteiger partial charge is 0.472 e. The third kappa shape index (κ3) is 4.33. The van der Waals surface area contributed by atoms with E-state index in [2.05, 4.69) is 9.97 Å². The summed E-state index contributed by atoms with van der Waals surface area (Å²) < 4.78 is 113. The number of morpholine rings is 1. The van der Waals surface area contributed by atoms with Crippen LogP contribution in [-0.2, 0) is 30.2 Å². The van der Waals surface area contributed by atoms with Crippen molar-refractivity contribution in [3.05, 3.63) is 69.7 Å². The lowest BCUT2D eigenvalue weighted by atomic mass is 10.0. The summed E-state index contributed by atoms with van der Waals surface area (Å²) in [6.45, 7) is -0.180. The number of anilines is 1. The van der Waals surface area contributed by atoms with Crippen LogP contribution in [0.25, 0.3) is 0 Å². The van der Waals surface area contributed by atoms with E-state index in [9.17, 15) is 35.5 Å². The van der Waals surface area contributed by atoms with Crippen molar-refractivity contribution in [2.45, 2.75) is 43.6 Å². The molecule has 0 aliphatic carbocycles. The Morgan fingerprint density at radius 2 is 1.90 bits per heavy atom. The Bertz CT molecular complexity index is 1520. The zero-order valence-electron chi connectivity index (χ0n) is 19.6. The van der Waals surface area contributed by atoms with E-state index < -0.39 is 58.9 Å². The second-order valence-corrected chi connectivity index (χ2v) is 9.48. The number of hydrogen-bond acceptors (Lipinski definition) is 7. The van der Waals surface area contributed by atoms with Crippen LogP contribution in [0.1, 0.15) is 23.2 Å². The zero-order chi connectivity index (χ0) is 27.7. The number of ether oxygens (including phenoxy) is 3. The van der Waals surface area contributed by atoms with E-state index in [1.807, 2.05) is 0 Å². The average Bonchev–Trinajstić information content (AvgIpc) is 3.52. The molecule has 0 N–H and O–H groups in total. The van der Waals surface area contributed by atoms with Gasteiger partial charge in [0.25, 0.3) is 0 Å². The van der Waals surface area contributed by atoms with Crippen molar-refractivity contribution in [3.63, 3.8) is 0 Å². The predicted octanol–water partition coefficient (Wildman–Crippen LogP) is 4.55. The summed E-state index contributed by atoms with van der Waals surface area (Å²) in [6.07, 6.45) is -8.53. The normalized spacial score (nSPS) is 21.7. The Hall–Kier alpha value is -3.88. The number of hydrogen-bond donors (Lipinski definition) is 0. The number of aromatic nitrogens is 3. The maximum Gasteiger partial charge on any atom is 0.433 e. The van der Waals surface area contributed by atoms with Gasteiger partial charge in [0.05, 0.1) is 24.8 Å². The predicted molar refractivity (Wildman–Crippen MR) is 118 cm³/mol. The topological polar surface area (TPSA) is 78.7 Å². The molecule has 3 aromatic rings. The van der Waals surface area contributed by atoms with Crippen molar-refractivity contribution in [2.24, 2.45) is 0 Å². The van der Waals surface area contributed by atoms with Gasteiger partial charge in [-0.15, -0.1) is 0 Å². The highest BCUT2D eigenvalue weighted by molar-refractivity contribution is 5.60. The highest BCUT2D eigenvalue weighted by Gasteiger charge is 2.59. The third-order valence-corrected chi connectivity index (χ3v) is 6.89. The van der Waals surface area contributed by atoms with Gasteiger partial charge in [0.2, 0.25) is 5.88 Å². The smallest absolute Gasteiger partial charge is 0.433 e. The monoisotopic (exact) mass is 558 g/mol. The fraction of sp³-hybridized carbons (Fsp3) is 0.375. The summed E-state index contributed by atoms with van der Waals surface area (Å²) in [5, 5.41) is 0. The van der Waals surface area contributed by atoms with E-state index in [4.69, 9.17) is 14.2 Å². The number of pyridine rings is 1. The molecule has 39 heavy (non-hydrogen) atoms. The summed E-state index contributed by atoms with van der Waals surface area (Å²) in [6, 6.07) is 4.92. The van der Waals surface area contributed by atoms with Gasteiger partial charge in [-0.2, -0.15) is 31.3 Å². The molecule has 2 aromatic heterocycles. The van der Waals surface area contributed by atoms with Crippen LogP contribution in [0, 0.1) is 5.82 Å². The summed E-state index contributed by atoms with van der Waals surface area (Å²) in [4.78, 5) is 20.9. The van der Waals surface area contributed by atoms with Crippen LogP contribution in [-0.4, -0.2) is 39.3 Å². The average molecular weight is 558 g/mol. The lowest BCUT2D eigenvalue weighted by Crippen LogP contribution is -2.47. The van der Waals surface area contributed by atoms with Crippen LogP contribution in [0.15, 0.2) is 41.3 Å². The molecule has 0 radical (unpaired) electrons. The Morgan fingerprint density at radius 1 is 1.10 bits per heavy atom. The molecule has 3 aliphatic heterocycles. The summed E-state index contributed by atoms with van der Waals surface area (Å²) in [5.74, 6) is -3.02. The highest BCUT2D eigenvalue weighted by Crippen LogP contribution is 2.51. The van der Waals surface area contributed by atoms with Crippen molar-refractivity contribution in [1.29, 1.82) is 0 Å². The fourth-order valence-corrected chi connectivity index (χ4v) is 5.24. The lowest BCUT2D eigenvalue weighted by molar-refractivity contribution is -0.141. The van der Waals surface area contributed by atoms with Crippen LogP contribution < -0.4 is 20.1 Å². The van der Waals surface area contributed by atoms with Gasteiger partial charge in [-0.05, 0) is 23.8 Å². The standard InChI is InChI=1S/C24H17F7N4O4/c25-15-5-12(1-2-16(15)39-13-3-4-32-17(6-13)23(26,27)28)9-37-19-18(24(29,30)31)20-34(21(36)33-19)10-22-7-14(38-11-22)8-35(20)22/h1-6,14H,7-11H2/t14-,22+/m0/s1. The molecule has 2 saturated heterocycles. The molecule has 0 amide bonds. The first-order chi connectivity index (χ1) is 18.3. The van der Waals surface area contributed by atoms with Gasteiger partial charge in [0.1, 0.15) is 23.9 Å². The van der Waals surface area contributed by atoms with Gasteiger partial charge >= 0.3 is 18.0 Å². The van der Waals surface area contributed by atoms with Crippen LogP contribution in [0.2, 0.25) is 0 Å². The molecule has 0 unspecified atom stereocenters. The maximum atomic E-state index is 14.7. The molecular formula is C24H17F7N4O4. The van der Waals surface area contributed by atoms with Crippen molar-refractivity contribution >= 4 is 5.82 Å². The van der Waals surface area contributed by atoms with Crippen molar-refractivity contribution < 1.29 is 44.9 Å². The van der Waals surface area contributed by atoms with E-state index in [1.165, 1.54) is 11.0 Å². The Labute approximate surface area is 214 Å². The van der Waals surface area contributed by atoms with E-state index in [-0.39, 0.29) is 42.9 Å². The Kier molecular flexibility index (Phi) is 5.58. The minimum absolute atomic E-state index is 0.0165. The van der Waals surface area contributed by atoms with Crippen molar-refractivity contribution in [3.8, 4) is 17.4 Å². The number of halogens is 7. The molecule has 1 aromatic carbocycles. The highest BCUT2D eigenvalue weighted by atomic mass is 19.4. The van der Waals surface area contributed by atoms with Gasteiger partial charge < -0.3 is 19.1 Å². The quantitative estimate of drug-likeness (QED) is 0.426. The molecule has 3 aliphatic rings. The minimum Gasteiger partial charge on any atom is -0.472 e. The molecule has 206 valence electrons. The molecule has 8 nitrogen and oxygen atoms in total. The molecule has 15 heteroatoms. The first-order valence-corrected chi connectivity index (χ1v) is 11.6. The maximum absolute atomic E-state index is 14.7. The molecule has 5 heterocycles. The first kappa shape index (κ1) is 25.4. The fourth-order valence-electron chi connectivity index (χ4n) is 5.24. The SMILES string of the molecule is O=c1nc(OCc2ccc(Oc3ccnc(C(F)(F)F)c3)c(F)c2)c(C(F)(F)F)c2n1C[C@]13CO[C@H](CN21)C3. The van der Waals surface area contributed by atoms with E-state index in [0.29, 0.717) is 12.5 Å². The third-order valence-electron chi connectivity index (χ3n) is 6.89.